The Morgan fingerprint density at radius 1 is 1.33 bits per heavy atom. The SMILES string of the molecule is CCOc1nc(NN)nc(N2CCCOCC2)n1. The highest BCUT2D eigenvalue weighted by Gasteiger charge is 2.15. The Kier molecular flexibility index (Phi) is 4.48. The Bertz CT molecular complexity index is 381. The number of hydrazine groups is 1. The van der Waals surface area contributed by atoms with Gasteiger partial charge < -0.3 is 14.4 Å². The smallest absolute Gasteiger partial charge is 0.323 e. The standard InChI is InChI=1S/C10H18N6O2/c1-2-18-10-13-8(15-11)12-9(14-10)16-4-3-6-17-7-5-16/h2-7,11H2,1H3,(H,12,13,14,15). The maximum atomic E-state index is 5.40. The average molecular weight is 254 g/mol. The van der Waals surface area contributed by atoms with Gasteiger partial charge in [-0.25, -0.2) is 5.84 Å². The average Bonchev–Trinajstić information content (AvgIpc) is 2.67. The van der Waals surface area contributed by atoms with Crippen molar-refractivity contribution in [3.8, 4) is 6.01 Å². The van der Waals surface area contributed by atoms with Gasteiger partial charge in [-0.1, -0.05) is 0 Å². The number of ether oxygens (including phenoxy) is 2. The molecule has 0 unspecified atom stereocenters. The molecule has 0 aromatic carbocycles. The van der Waals surface area contributed by atoms with E-state index >= 15 is 0 Å². The molecule has 100 valence electrons. The molecule has 0 bridgehead atoms. The molecule has 1 fully saturated rings. The van der Waals surface area contributed by atoms with Crippen LogP contribution in [0.3, 0.4) is 0 Å². The molecule has 1 saturated heterocycles. The van der Waals surface area contributed by atoms with Gasteiger partial charge in [0.05, 0.1) is 13.2 Å². The molecule has 2 heterocycles. The van der Waals surface area contributed by atoms with Gasteiger partial charge in [0, 0.05) is 19.7 Å². The topological polar surface area (TPSA) is 98.4 Å². The number of rotatable bonds is 4. The van der Waals surface area contributed by atoms with E-state index in [0.29, 0.717) is 25.1 Å². The lowest BCUT2D eigenvalue weighted by Gasteiger charge is -2.19. The first-order chi connectivity index (χ1) is 8.83. The molecule has 2 rings (SSSR count). The third-order valence-electron chi connectivity index (χ3n) is 2.51. The molecule has 0 radical (unpaired) electrons. The second-order valence-corrected chi connectivity index (χ2v) is 3.77. The van der Waals surface area contributed by atoms with Gasteiger partial charge in [-0.05, 0) is 13.3 Å². The first-order valence-electron chi connectivity index (χ1n) is 6.01. The van der Waals surface area contributed by atoms with Gasteiger partial charge in [0.1, 0.15) is 0 Å². The van der Waals surface area contributed by atoms with Crippen molar-refractivity contribution in [1.82, 2.24) is 15.0 Å². The zero-order chi connectivity index (χ0) is 12.8. The molecule has 1 aliphatic rings. The highest BCUT2D eigenvalue weighted by atomic mass is 16.5. The summed E-state index contributed by atoms with van der Waals surface area (Å²) in [5.74, 6) is 6.20. The number of aromatic nitrogens is 3. The summed E-state index contributed by atoms with van der Waals surface area (Å²) >= 11 is 0. The fourth-order valence-corrected chi connectivity index (χ4v) is 1.69. The lowest BCUT2D eigenvalue weighted by Crippen LogP contribution is -2.28. The van der Waals surface area contributed by atoms with Crippen LogP contribution in [-0.2, 0) is 4.74 Å². The molecule has 0 aliphatic carbocycles. The highest BCUT2D eigenvalue weighted by molar-refractivity contribution is 5.37. The van der Waals surface area contributed by atoms with Crippen LogP contribution in [0.2, 0.25) is 0 Å². The second-order valence-electron chi connectivity index (χ2n) is 3.77. The van der Waals surface area contributed by atoms with Crippen molar-refractivity contribution in [2.45, 2.75) is 13.3 Å². The minimum absolute atomic E-state index is 0.278. The van der Waals surface area contributed by atoms with Crippen molar-refractivity contribution in [2.75, 3.05) is 43.2 Å². The Balaban J connectivity index is 2.21. The fourth-order valence-electron chi connectivity index (χ4n) is 1.69. The predicted octanol–water partition coefficient (Wildman–Crippen LogP) is -0.217. The molecule has 1 aromatic rings. The lowest BCUT2D eigenvalue weighted by atomic mass is 10.4. The summed E-state index contributed by atoms with van der Waals surface area (Å²) in [6, 6.07) is 0.278. The minimum Gasteiger partial charge on any atom is -0.464 e. The minimum atomic E-state index is 0.278. The summed E-state index contributed by atoms with van der Waals surface area (Å²) < 4.78 is 10.7. The molecule has 3 N–H and O–H groups in total. The molecule has 0 saturated carbocycles. The summed E-state index contributed by atoms with van der Waals surface area (Å²) in [6.07, 6.45) is 0.945. The van der Waals surface area contributed by atoms with Crippen LogP contribution in [0.15, 0.2) is 0 Å². The Morgan fingerprint density at radius 2 is 2.22 bits per heavy atom. The lowest BCUT2D eigenvalue weighted by molar-refractivity contribution is 0.152. The quantitative estimate of drug-likeness (QED) is 0.562. The van der Waals surface area contributed by atoms with Crippen LogP contribution >= 0.6 is 0 Å². The first-order valence-corrected chi connectivity index (χ1v) is 6.01. The van der Waals surface area contributed by atoms with Crippen molar-refractivity contribution >= 4 is 11.9 Å². The van der Waals surface area contributed by atoms with Crippen LogP contribution in [0.5, 0.6) is 6.01 Å². The number of anilines is 2. The number of nitrogens with two attached hydrogens (primary N) is 1. The third-order valence-corrected chi connectivity index (χ3v) is 2.51. The molecule has 8 heteroatoms. The maximum absolute atomic E-state index is 5.40. The maximum Gasteiger partial charge on any atom is 0.323 e. The highest BCUT2D eigenvalue weighted by Crippen LogP contribution is 2.15. The van der Waals surface area contributed by atoms with Crippen LogP contribution in [0.1, 0.15) is 13.3 Å². The van der Waals surface area contributed by atoms with Crippen molar-refractivity contribution in [3.05, 3.63) is 0 Å². The van der Waals surface area contributed by atoms with Crippen LogP contribution in [-0.4, -0.2) is 47.9 Å². The van der Waals surface area contributed by atoms with Crippen LogP contribution < -0.4 is 20.9 Å². The number of hydrogen-bond donors (Lipinski definition) is 2. The zero-order valence-corrected chi connectivity index (χ0v) is 10.4. The van der Waals surface area contributed by atoms with Gasteiger partial charge in [-0.15, -0.1) is 0 Å². The molecule has 1 aromatic heterocycles. The summed E-state index contributed by atoms with van der Waals surface area (Å²) in [5.41, 5.74) is 2.42. The van der Waals surface area contributed by atoms with Crippen molar-refractivity contribution in [2.24, 2.45) is 5.84 Å². The van der Waals surface area contributed by atoms with E-state index in [1.54, 1.807) is 0 Å². The number of nitrogens with zero attached hydrogens (tertiary/aromatic N) is 4. The molecule has 1 aliphatic heterocycles. The Morgan fingerprint density at radius 3 is 3.00 bits per heavy atom. The summed E-state index contributed by atoms with van der Waals surface area (Å²) in [7, 11) is 0. The van der Waals surface area contributed by atoms with E-state index in [-0.39, 0.29) is 6.01 Å². The van der Waals surface area contributed by atoms with Crippen molar-refractivity contribution in [3.63, 3.8) is 0 Å². The molecule has 18 heavy (non-hydrogen) atoms. The third kappa shape index (κ3) is 3.17. The number of nitrogens with one attached hydrogen (secondary N) is 1. The molecule has 8 nitrogen and oxygen atoms in total. The Labute approximate surface area is 105 Å². The van der Waals surface area contributed by atoms with Gasteiger partial charge in [0.15, 0.2) is 0 Å². The molecule has 0 amide bonds. The van der Waals surface area contributed by atoms with Gasteiger partial charge in [-0.3, -0.25) is 5.43 Å². The van der Waals surface area contributed by atoms with Crippen LogP contribution in [0.25, 0.3) is 0 Å². The summed E-state index contributed by atoms with van der Waals surface area (Å²) in [5, 5.41) is 0. The van der Waals surface area contributed by atoms with Gasteiger partial charge in [-0.2, -0.15) is 15.0 Å². The largest absolute Gasteiger partial charge is 0.464 e. The number of nitrogen functional groups attached to an aromatic ring is 1. The van der Waals surface area contributed by atoms with E-state index in [9.17, 15) is 0 Å². The monoisotopic (exact) mass is 254 g/mol. The van der Waals surface area contributed by atoms with E-state index in [2.05, 4.69) is 20.4 Å². The van der Waals surface area contributed by atoms with E-state index < -0.39 is 0 Å². The number of hydrogen-bond acceptors (Lipinski definition) is 8. The van der Waals surface area contributed by atoms with Crippen LogP contribution in [0.4, 0.5) is 11.9 Å². The second kappa shape index (κ2) is 6.31. The molecule has 0 spiro atoms. The zero-order valence-electron chi connectivity index (χ0n) is 10.4. The summed E-state index contributed by atoms with van der Waals surface area (Å²) in [4.78, 5) is 14.6. The summed E-state index contributed by atoms with van der Waals surface area (Å²) in [6.45, 7) is 5.40. The van der Waals surface area contributed by atoms with Crippen molar-refractivity contribution < 1.29 is 9.47 Å². The van der Waals surface area contributed by atoms with E-state index in [4.69, 9.17) is 15.3 Å². The van der Waals surface area contributed by atoms with E-state index in [0.717, 1.165) is 26.1 Å². The molecule has 0 atom stereocenters. The normalized spacial score (nSPS) is 16.2. The van der Waals surface area contributed by atoms with E-state index in [1.807, 2.05) is 11.8 Å². The van der Waals surface area contributed by atoms with Gasteiger partial charge in [0.2, 0.25) is 11.9 Å². The van der Waals surface area contributed by atoms with Gasteiger partial charge >= 0.3 is 6.01 Å². The molecular weight excluding hydrogens is 236 g/mol. The predicted molar refractivity (Wildman–Crippen MR) is 66.5 cm³/mol. The van der Waals surface area contributed by atoms with Crippen molar-refractivity contribution in [1.29, 1.82) is 0 Å². The Hall–Kier alpha value is -1.67. The van der Waals surface area contributed by atoms with Crippen LogP contribution in [0, 0.1) is 0 Å². The fraction of sp³-hybridized carbons (Fsp3) is 0.700. The van der Waals surface area contributed by atoms with Gasteiger partial charge in [0.25, 0.3) is 0 Å². The molecular formula is C10H18N6O2. The first kappa shape index (κ1) is 12.8. The van der Waals surface area contributed by atoms with E-state index in [1.165, 1.54) is 0 Å².